The average Bonchev–Trinajstić information content (AvgIpc) is 2.95. The zero-order chi connectivity index (χ0) is 32.3. The molecule has 0 N–H and O–H groups in total. The van der Waals surface area contributed by atoms with Gasteiger partial charge in [0.25, 0.3) is 9.84 Å². The monoisotopic (exact) mass is 847 g/mol. The zero-order valence-corrected chi connectivity index (χ0v) is 27.6. The van der Waals surface area contributed by atoms with Crippen LogP contribution in [0.2, 0.25) is 0 Å². The van der Waals surface area contributed by atoms with Crippen molar-refractivity contribution in [2.24, 2.45) is 0 Å². The summed E-state index contributed by atoms with van der Waals surface area (Å²) in [5, 5.41) is 0. The van der Waals surface area contributed by atoms with Gasteiger partial charge in [0.1, 0.15) is 0 Å². The second kappa shape index (κ2) is 12.1. The van der Waals surface area contributed by atoms with Gasteiger partial charge in [0.2, 0.25) is 0 Å². The number of pyridine rings is 2. The van der Waals surface area contributed by atoms with Crippen LogP contribution in [0.3, 0.4) is 0 Å². The first-order chi connectivity index (χ1) is 20.3. The van der Waals surface area contributed by atoms with Crippen molar-refractivity contribution in [2.75, 3.05) is 0 Å². The number of sulfone groups is 1. The summed E-state index contributed by atoms with van der Waals surface area (Å²) in [5.41, 5.74) is -5.54. The third kappa shape index (κ3) is 7.00. The molecule has 8 bridgehead atoms. The van der Waals surface area contributed by atoms with Crippen molar-refractivity contribution < 1.29 is 65.0 Å². The fraction of sp³-hybridized carbons (Fsp3) is 0.267. The second-order valence-corrected chi connectivity index (χ2v) is 13.7. The van der Waals surface area contributed by atoms with Gasteiger partial charge in [-0.25, -0.2) is 8.42 Å². The summed E-state index contributed by atoms with van der Waals surface area (Å²) in [6.45, 7) is 6.85. The molecule has 0 amide bonds. The summed E-state index contributed by atoms with van der Waals surface area (Å²) in [6, 6.07) is 20.9. The van der Waals surface area contributed by atoms with Gasteiger partial charge in [-0.15, -0.1) is 76.7 Å². The Labute approximate surface area is 273 Å². The van der Waals surface area contributed by atoms with Crippen LogP contribution >= 0.6 is 12.0 Å². The van der Waals surface area contributed by atoms with Crippen molar-refractivity contribution in [1.82, 2.24) is 9.97 Å². The van der Waals surface area contributed by atoms with E-state index in [4.69, 9.17) is 4.98 Å². The molecule has 0 radical (unpaired) electrons. The van der Waals surface area contributed by atoms with Crippen LogP contribution in [0.1, 0.15) is 50.2 Å². The maximum absolute atomic E-state index is 13.8. The zero-order valence-electron chi connectivity index (χ0n) is 23.7. The maximum atomic E-state index is 13.8. The Morgan fingerprint density at radius 1 is 0.756 bits per heavy atom. The van der Waals surface area contributed by atoms with E-state index in [-0.39, 0.29) is 60.4 Å². The molecule has 0 aliphatic carbocycles. The molecule has 6 nitrogen and oxygen atoms in total. The minimum absolute atomic E-state index is 0. The Morgan fingerprint density at radius 3 is 1.78 bits per heavy atom. The molecule has 5 rings (SSSR count). The Hall–Kier alpha value is -2.77. The van der Waals surface area contributed by atoms with Gasteiger partial charge in [0.15, 0.2) is 0 Å². The molecular formula is C30H22F6N2O4PtS2. The van der Waals surface area contributed by atoms with E-state index < -0.39 is 37.4 Å². The summed E-state index contributed by atoms with van der Waals surface area (Å²) in [5.74, 6) is 0. The molecule has 1 aliphatic rings. The molecule has 0 unspecified atom stereocenters. The summed E-state index contributed by atoms with van der Waals surface area (Å²) in [4.78, 5) is 12.1. The number of hydrogen-bond acceptors (Lipinski definition) is 7. The van der Waals surface area contributed by atoms with Crippen molar-refractivity contribution in [1.29, 1.82) is 0 Å². The molecule has 3 heterocycles. The largest absolute Gasteiger partial charge is 2.00 e. The Bertz CT molecular complexity index is 1860. The third-order valence-electron chi connectivity index (χ3n) is 7.24. The summed E-state index contributed by atoms with van der Waals surface area (Å²) >= 11 is 0.252. The summed E-state index contributed by atoms with van der Waals surface area (Å²) in [6.07, 6.45) is -5.08. The van der Waals surface area contributed by atoms with E-state index in [0.29, 0.717) is 22.6 Å². The number of rotatable bonds is 4. The second-order valence-electron chi connectivity index (χ2n) is 11.0. The quantitative estimate of drug-likeness (QED) is 0.0675. The summed E-state index contributed by atoms with van der Waals surface area (Å²) < 4.78 is 109. The molecule has 15 heteroatoms. The third-order valence-corrected chi connectivity index (χ3v) is 9.27. The number of aromatic nitrogens is 2. The van der Waals surface area contributed by atoms with Crippen LogP contribution in [0.5, 0.6) is 0 Å². The van der Waals surface area contributed by atoms with Gasteiger partial charge in [-0.1, -0.05) is 38.1 Å². The molecule has 4 aromatic rings. The molecule has 0 fully saturated rings. The van der Waals surface area contributed by atoms with Crippen LogP contribution in [-0.2, 0) is 51.0 Å². The number of fused-ring (bicyclic) bond motifs is 10. The Kier molecular flexibility index (Phi) is 9.44. The number of hydrogen-bond donors (Lipinski definition) is 0. The molecule has 1 aliphatic heterocycles. The maximum Gasteiger partial charge on any atom is 2.00 e. The van der Waals surface area contributed by atoms with Gasteiger partial charge < -0.3 is 9.97 Å². The van der Waals surface area contributed by atoms with E-state index in [1.54, 1.807) is 44.2 Å². The van der Waals surface area contributed by atoms with Gasteiger partial charge in [-0.2, -0.15) is 17.5 Å². The molecule has 0 saturated carbocycles. The molecule has 0 spiro atoms. The van der Waals surface area contributed by atoms with E-state index in [2.05, 4.69) is 26.3 Å². The van der Waals surface area contributed by atoms with E-state index >= 15 is 0 Å². The minimum atomic E-state index is -5.80. The molecule has 0 atom stereocenters. The van der Waals surface area contributed by atoms with Crippen LogP contribution in [0.15, 0.2) is 70.5 Å². The van der Waals surface area contributed by atoms with Crippen molar-refractivity contribution in [3.8, 4) is 22.5 Å². The molecule has 2 aromatic heterocycles. The van der Waals surface area contributed by atoms with Crippen LogP contribution in [0.4, 0.5) is 26.3 Å². The van der Waals surface area contributed by atoms with Gasteiger partial charge >= 0.3 is 32.9 Å². The number of benzene rings is 2. The number of halogens is 6. The average molecular weight is 848 g/mol. The predicted molar refractivity (Wildman–Crippen MR) is 149 cm³/mol. The first-order valence-electron chi connectivity index (χ1n) is 12.8. The summed E-state index contributed by atoms with van der Waals surface area (Å²) in [7, 11) is -5.80. The van der Waals surface area contributed by atoms with Gasteiger partial charge in [-0.3, -0.25) is 0 Å². The first-order valence-corrected chi connectivity index (χ1v) is 15.0. The SMILES string of the molecule is CC1(C)c2[c-]c(cc(SOOC(F)(F)F)c2)-c2cccc(n2)C(C)(C)c2cccc(n2)-c2[c-]c1cc(S(=O)(=O)C(F)(F)F)c2.[Pt+2]. The fourth-order valence-corrected chi connectivity index (χ4v) is 5.94. The van der Waals surface area contributed by atoms with Crippen molar-refractivity contribution in [2.45, 2.75) is 60.2 Å². The number of alkyl halides is 6. The van der Waals surface area contributed by atoms with Crippen LogP contribution < -0.4 is 0 Å². The van der Waals surface area contributed by atoms with Crippen LogP contribution in [0.25, 0.3) is 22.5 Å². The van der Waals surface area contributed by atoms with Crippen molar-refractivity contribution in [3.63, 3.8) is 0 Å². The van der Waals surface area contributed by atoms with E-state index in [1.165, 1.54) is 18.2 Å². The smallest absolute Gasteiger partial charge is 0.300 e. The number of nitrogens with zero attached hydrogens (tertiary/aromatic N) is 2. The van der Waals surface area contributed by atoms with Crippen molar-refractivity contribution in [3.05, 3.63) is 95.3 Å². The molecular weight excluding hydrogens is 826 g/mol. The van der Waals surface area contributed by atoms with Crippen LogP contribution in [0, 0.1) is 12.1 Å². The fourth-order valence-electron chi connectivity index (χ4n) is 4.61. The van der Waals surface area contributed by atoms with Gasteiger partial charge in [-0.05, 0) is 52.6 Å². The van der Waals surface area contributed by atoms with E-state index in [1.807, 2.05) is 13.8 Å². The Balaban J connectivity index is 0.00000461. The Morgan fingerprint density at radius 2 is 1.27 bits per heavy atom. The molecule has 2 aromatic carbocycles. The van der Waals surface area contributed by atoms with Gasteiger partial charge in [0.05, 0.1) is 0 Å². The topological polar surface area (TPSA) is 78.4 Å². The molecule has 0 saturated heterocycles. The predicted octanol–water partition coefficient (Wildman–Crippen LogP) is 8.14. The minimum Gasteiger partial charge on any atom is -0.300 e. The standard InChI is InChI=1S/C30H22F6N2O4S2.Pt/c1-27(2)19-11-17(13-21(15-19)43-42-41-29(31,32)33)23-7-5-9-25(37-23)28(3,4)26-10-6-8-24(38-26)18-12-20(27)16-22(14-18)44(39,40)30(34,35)36;/h5-10,13-16H,1-4H3;/q-2;+2. The first kappa shape index (κ1) is 35.1. The van der Waals surface area contributed by atoms with E-state index in [0.717, 1.165) is 12.1 Å². The molecule has 45 heavy (non-hydrogen) atoms. The molecule has 240 valence electrons. The van der Waals surface area contributed by atoms with E-state index in [9.17, 15) is 34.8 Å². The van der Waals surface area contributed by atoms with Gasteiger partial charge in [0, 0.05) is 28.8 Å². The normalized spacial score (nSPS) is 15.5. The van der Waals surface area contributed by atoms with Crippen molar-refractivity contribution >= 4 is 21.9 Å². The van der Waals surface area contributed by atoms with Crippen LogP contribution in [-0.4, -0.2) is 30.3 Å².